The number of aromatic nitrogens is 1. The van der Waals surface area contributed by atoms with Crippen LogP contribution < -0.4 is 4.74 Å². The molecule has 0 amide bonds. The van der Waals surface area contributed by atoms with Crippen LogP contribution in [-0.4, -0.2) is 28.5 Å². The molecule has 0 unspecified atom stereocenters. The van der Waals surface area contributed by atoms with E-state index >= 15 is 0 Å². The van der Waals surface area contributed by atoms with Crippen molar-refractivity contribution in [2.75, 3.05) is 6.61 Å². The van der Waals surface area contributed by atoms with Crippen LogP contribution in [0.25, 0.3) is 10.9 Å². The Bertz CT molecular complexity index is 961. The molecular weight excluding hydrogens is 344 g/mol. The van der Waals surface area contributed by atoms with Crippen LogP contribution >= 0.6 is 0 Å². The van der Waals surface area contributed by atoms with Crippen LogP contribution in [0.4, 0.5) is 0 Å². The van der Waals surface area contributed by atoms with Gasteiger partial charge in [-0.3, -0.25) is 0 Å². The lowest BCUT2D eigenvalue weighted by atomic mass is 10.2. The molecule has 0 atom stereocenters. The van der Waals surface area contributed by atoms with Gasteiger partial charge >= 0.3 is 5.97 Å². The van der Waals surface area contributed by atoms with Crippen molar-refractivity contribution < 1.29 is 19.5 Å². The number of nitrogens with zero attached hydrogens (tertiary/aromatic N) is 2. The van der Waals surface area contributed by atoms with Crippen molar-refractivity contribution in [1.82, 2.24) is 4.57 Å². The highest BCUT2D eigenvalue weighted by atomic mass is 16.6. The SMILES string of the molecule is C=CCn1c(C=NOCC(=O)O)cc2cc(OCc3ccccc3)ccc21. The number of hydrogen-bond acceptors (Lipinski definition) is 4. The average molecular weight is 364 g/mol. The normalized spacial score (nSPS) is 11.0. The first-order chi connectivity index (χ1) is 13.2. The van der Waals surface area contributed by atoms with Crippen molar-refractivity contribution >= 4 is 23.1 Å². The van der Waals surface area contributed by atoms with Crippen molar-refractivity contribution in [3.8, 4) is 5.75 Å². The third-order valence-corrected chi connectivity index (χ3v) is 3.91. The first-order valence-electron chi connectivity index (χ1n) is 8.45. The van der Waals surface area contributed by atoms with Gasteiger partial charge in [-0.2, -0.15) is 0 Å². The Morgan fingerprint density at radius 2 is 2.00 bits per heavy atom. The maximum absolute atomic E-state index is 10.5. The van der Waals surface area contributed by atoms with Gasteiger partial charge in [0.15, 0.2) is 0 Å². The second kappa shape index (κ2) is 8.71. The minimum absolute atomic E-state index is 0.477. The average Bonchev–Trinajstić information content (AvgIpc) is 3.01. The van der Waals surface area contributed by atoms with E-state index in [1.54, 1.807) is 6.08 Å². The van der Waals surface area contributed by atoms with E-state index in [1.807, 2.05) is 59.2 Å². The number of aliphatic carboxylic acids is 1. The highest BCUT2D eigenvalue weighted by molar-refractivity contribution is 5.91. The standard InChI is InChI=1S/C21H20N2O4/c1-2-10-23-18(13-22-27-15-21(24)25)11-17-12-19(8-9-20(17)23)26-14-16-6-4-3-5-7-16/h2-9,11-13H,1,10,14-15H2,(H,24,25). The summed E-state index contributed by atoms with van der Waals surface area (Å²) in [7, 11) is 0. The minimum atomic E-state index is -1.07. The van der Waals surface area contributed by atoms with Crippen molar-refractivity contribution in [2.45, 2.75) is 13.2 Å². The minimum Gasteiger partial charge on any atom is -0.489 e. The third-order valence-electron chi connectivity index (χ3n) is 3.91. The maximum Gasteiger partial charge on any atom is 0.344 e. The second-order valence-corrected chi connectivity index (χ2v) is 5.87. The van der Waals surface area contributed by atoms with Crippen LogP contribution in [0.3, 0.4) is 0 Å². The number of fused-ring (bicyclic) bond motifs is 1. The summed E-state index contributed by atoms with van der Waals surface area (Å²) >= 11 is 0. The topological polar surface area (TPSA) is 73.1 Å². The van der Waals surface area contributed by atoms with E-state index in [2.05, 4.69) is 11.7 Å². The summed E-state index contributed by atoms with van der Waals surface area (Å²) in [5.74, 6) is -0.299. The van der Waals surface area contributed by atoms with Crippen LogP contribution in [0.15, 0.2) is 72.4 Å². The van der Waals surface area contributed by atoms with E-state index in [-0.39, 0.29) is 0 Å². The van der Waals surface area contributed by atoms with Gasteiger partial charge in [-0.1, -0.05) is 41.6 Å². The van der Waals surface area contributed by atoms with Crippen molar-refractivity contribution in [3.63, 3.8) is 0 Å². The van der Waals surface area contributed by atoms with E-state index in [1.165, 1.54) is 6.21 Å². The molecule has 0 spiro atoms. The quantitative estimate of drug-likeness (QED) is 0.356. The number of hydrogen-bond donors (Lipinski definition) is 1. The molecule has 27 heavy (non-hydrogen) atoms. The largest absolute Gasteiger partial charge is 0.489 e. The summed E-state index contributed by atoms with van der Waals surface area (Å²) < 4.78 is 7.89. The Morgan fingerprint density at radius 1 is 1.19 bits per heavy atom. The van der Waals surface area contributed by atoms with Gasteiger partial charge < -0.3 is 19.2 Å². The van der Waals surface area contributed by atoms with Crippen LogP contribution in [0, 0.1) is 0 Å². The monoisotopic (exact) mass is 364 g/mol. The Kier molecular flexibility index (Phi) is 5.89. The Hall–Kier alpha value is -3.54. The molecule has 0 fully saturated rings. The predicted molar refractivity (Wildman–Crippen MR) is 104 cm³/mol. The summed E-state index contributed by atoms with van der Waals surface area (Å²) in [5, 5.41) is 13.3. The van der Waals surface area contributed by atoms with Gasteiger partial charge in [0.05, 0.1) is 11.9 Å². The molecule has 0 aliphatic carbocycles. The number of rotatable bonds is 9. The summed E-state index contributed by atoms with van der Waals surface area (Å²) in [5.41, 5.74) is 2.89. The summed E-state index contributed by atoms with van der Waals surface area (Å²) in [6.07, 6.45) is 3.28. The second-order valence-electron chi connectivity index (χ2n) is 5.87. The van der Waals surface area contributed by atoms with Crippen molar-refractivity contribution in [3.05, 3.63) is 78.5 Å². The number of allylic oxidation sites excluding steroid dienone is 1. The lowest BCUT2D eigenvalue weighted by Gasteiger charge is -2.08. The number of carboxylic acids is 1. The van der Waals surface area contributed by atoms with Gasteiger partial charge in [-0.15, -0.1) is 6.58 Å². The van der Waals surface area contributed by atoms with Gasteiger partial charge in [0.25, 0.3) is 0 Å². The molecule has 3 aromatic rings. The van der Waals surface area contributed by atoms with E-state index in [0.717, 1.165) is 27.9 Å². The van der Waals surface area contributed by atoms with Gasteiger partial charge in [0, 0.05) is 17.4 Å². The number of benzene rings is 2. The van der Waals surface area contributed by atoms with Gasteiger partial charge in [-0.25, -0.2) is 4.79 Å². The molecule has 1 N–H and O–H groups in total. The van der Waals surface area contributed by atoms with E-state index in [0.29, 0.717) is 13.2 Å². The first kappa shape index (κ1) is 18.3. The summed E-state index contributed by atoms with van der Waals surface area (Å²) in [6, 6.07) is 17.8. The van der Waals surface area contributed by atoms with Crippen molar-refractivity contribution in [2.24, 2.45) is 5.16 Å². The molecule has 0 radical (unpaired) electrons. The number of ether oxygens (including phenoxy) is 1. The van der Waals surface area contributed by atoms with Crippen LogP contribution in [0.5, 0.6) is 5.75 Å². The molecule has 2 aromatic carbocycles. The van der Waals surface area contributed by atoms with Crippen LogP contribution in [0.1, 0.15) is 11.3 Å². The molecule has 0 aliphatic rings. The molecule has 0 saturated heterocycles. The summed E-state index contributed by atoms with van der Waals surface area (Å²) in [4.78, 5) is 15.2. The lowest BCUT2D eigenvalue weighted by molar-refractivity contribution is -0.142. The molecule has 1 heterocycles. The highest BCUT2D eigenvalue weighted by Crippen LogP contribution is 2.25. The van der Waals surface area contributed by atoms with Gasteiger partial charge in [0.2, 0.25) is 6.61 Å². The lowest BCUT2D eigenvalue weighted by Crippen LogP contribution is -2.04. The molecule has 3 rings (SSSR count). The van der Waals surface area contributed by atoms with E-state index in [4.69, 9.17) is 14.7 Å². The maximum atomic E-state index is 10.5. The molecule has 6 heteroatoms. The Morgan fingerprint density at radius 3 is 2.74 bits per heavy atom. The molecular formula is C21H20N2O4. The molecule has 0 bridgehead atoms. The fraction of sp³-hybridized carbons (Fsp3) is 0.143. The third kappa shape index (κ3) is 4.76. The molecule has 1 aromatic heterocycles. The molecule has 6 nitrogen and oxygen atoms in total. The predicted octanol–water partition coefficient (Wildman–Crippen LogP) is 3.84. The summed E-state index contributed by atoms with van der Waals surface area (Å²) in [6.45, 7) is 4.40. The smallest absolute Gasteiger partial charge is 0.344 e. The zero-order valence-corrected chi connectivity index (χ0v) is 14.7. The van der Waals surface area contributed by atoms with Crippen molar-refractivity contribution in [1.29, 1.82) is 0 Å². The first-order valence-corrected chi connectivity index (χ1v) is 8.45. The Balaban J connectivity index is 1.80. The molecule has 0 saturated carbocycles. The number of carboxylic acid groups (broad SMARTS) is 1. The fourth-order valence-corrected chi connectivity index (χ4v) is 2.72. The highest BCUT2D eigenvalue weighted by Gasteiger charge is 2.08. The van der Waals surface area contributed by atoms with Crippen LogP contribution in [0.2, 0.25) is 0 Å². The molecule has 138 valence electrons. The Labute approximate surface area is 156 Å². The van der Waals surface area contributed by atoms with Gasteiger partial charge in [-0.05, 0) is 29.8 Å². The van der Waals surface area contributed by atoms with Gasteiger partial charge in [0.1, 0.15) is 12.4 Å². The van der Waals surface area contributed by atoms with E-state index < -0.39 is 12.6 Å². The molecule has 0 aliphatic heterocycles. The van der Waals surface area contributed by atoms with Crippen LogP contribution in [-0.2, 0) is 22.8 Å². The zero-order valence-electron chi connectivity index (χ0n) is 14.7. The number of oxime groups is 1. The fourth-order valence-electron chi connectivity index (χ4n) is 2.72. The zero-order chi connectivity index (χ0) is 19.1. The number of carbonyl (C=O) groups is 1. The van der Waals surface area contributed by atoms with E-state index in [9.17, 15) is 4.79 Å².